The number of unbranched alkanes of at least 4 members (excludes halogenated alkanes) is 1. The molecular formula is C19H30BFO4. The Hall–Kier alpha value is -1.11. The summed E-state index contributed by atoms with van der Waals surface area (Å²) in [6.45, 7) is 11.9. The summed E-state index contributed by atoms with van der Waals surface area (Å²) in [5.74, 6) is -0.159. The SMILES string of the molecule is CCCCOCCCOc1ccc(B2OC(C)(C)C(C)(C)O2)cc1F. The molecule has 0 radical (unpaired) electrons. The molecule has 1 aromatic carbocycles. The smallest absolute Gasteiger partial charge is 0.490 e. The van der Waals surface area contributed by atoms with E-state index in [-0.39, 0.29) is 5.75 Å². The van der Waals surface area contributed by atoms with E-state index < -0.39 is 24.1 Å². The number of hydrogen-bond acceptors (Lipinski definition) is 4. The van der Waals surface area contributed by atoms with E-state index in [1.807, 2.05) is 27.7 Å². The molecule has 1 aromatic rings. The highest BCUT2D eigenvalue weighted by molar-refractivity contribution is 6.62. The molecule has 2 rings (SSSR count). The molecule has 6 heteroatoms. The van der Waals surface area contributed by atoms with E-state index in [0.717, 1.165) is 25.9 Å². The van der Waals surface area contributed by atoms with Gasteiger partial charge in [0.2, 0.25) is 0 Å². The van der Waals surface area contributed by atoms with Crippen LogP contribution in [0.4, 0.5) is 4.39 Å². The molecule has 0 aromatic heterocycles. The summed E-state index contributed by atoms with van der Waals surface area (Å²) in [4.78, 5) is 0. The van der Waals surface area contributed by atoms with Crippen LogP contribution >= 0.6 is 0 Å². The molecule has 0 amide bonds. The average Bonchev–Trinajstić information content (AvgIpc) is 2.76. The molecule has 0 unspecified atom stereocenters. The van der Waals surface area contributed by atoms with E-state index in [9.17, 15) is 4.39 Å². The van der Waals surface area contributed by atoms with Gasteiger partial charge in [-0.25, -0.2) is 4.39 Å². The Bertz CT molecular complexity index is 546. The van der Waals surface area contributed by atoms with Gasteiger partial charge in [-0.15, -0.1) is 0 Å². The predicted octanol–water partition coefficient (Wildman–Crippen LogP) is 3.71. The highest BCUT2D eigenvalue weighted by Crippen LogP contribution is 2.36. The molecule has 0 saturated carbocycles. The molecule has 140 valence electrons. The monoisotopic (exact) mass is 352 g/mol. The Morgan fingerprint density at radius 2 is 1.64 bits per heavy atom. The largest absolute Gasteiger partial charge is 0.494 e. The standard InChI is InChI=1S/C19H30BFO4/c1-6-7-11-22-12-8-13-23-17-10-9-15(14-16(17)21)20-24-18(2,3)19(4,5)25-20/h9-10,14H,6-8,11-13H2,1-5H3. The first-order chi connectivity index (χ1) is 11.8. The summed E-state index contributed by atoms with van der Waals surface area (Å²) < 4.78 is 37.2. The van der Waals surface area contributed by atoms with E-state index in [2.05, 4.69) is 6.92 Å². The van der Waals surface area contributed by atoms with Gasteiger partial charge in [-0.3, -0.25) is 0 Å². The second-order valence-corrected chi connectivity index (χ2v) is 7.45. The lowest BCUT2D eigenvalue weighted by Crippen LogP contribution is -2.41. The van der Waals surface area contributed by atoms with Gasteiger partial charge < -0.3 is 18.8 Å². The summed E-state index contributed by atoms with van der Waals surface area (Å²) in [6, 6.07) is 4.85. The van der Waals surface area contributed by atoms with Crippen LogP contribution in [0.1, 0.15) is 53.9 Å². The quantitative estimate of drug-likeness (QED) is 0.502. The zero-order chi connectivity index (χ0) is 18.5. The van der Waals surface area contributed by atoms with Crippen molar-refractivity contribution in [1.29, 1.82) is 0 Å². The highest BCUT2D eigenvalue weighted by atomic mass is 19.1. The molecule has 0 atom stereocenters. The molecule has 1 fully saturated rings. The third kappa shape index (κ3) is 5.19. The topological polar surface area (TPSA) is 36.9 Å². The minimum Gasteiger partial charge on any atom is -0.490 e. The summed E-state index contributed by atoms with van der Waals surface area (Å²) in [7, 11) is -0.569. The number of benzene rings is 1. The molecule has 25 heavy (non-hydrogen) atoms. The van der Waals surface area contributed by atoms with Crippen molar-refractivity contribution in [1.82, 2.24) is 0 Å². The predicted molar refractivity (Wildman–Crippen MR) is 98.0 cm³/mol. The van der Waals surface area contributed by atoms with Crippen LogP contribution in [-0.4, -0.2) is 38.1 Å². The van der Waals surface area contributed by atoms with Crippen LogP contribution in [0.25, 0.3) is 0 Å². The first-order valence-corrected chi connectivity index (χ1v) is 9.12. The Balaban J connectivity index is 1.85. The molecule has 0 spiro atoms. The summed E-state index contributed by atoms with van der Waals surface area (Å²) in [5.41, 5.74) is -0.228. The van der Waals surface area contributed by atoms with Crippen LogP contribution in [0, 0.1) is 5.82 Å². The van der Waals surface area contributed by atoms with Crippen molar-refractivity contribution in [2.75, 3.05) is 19.8 Å². The molecule has 1 aliphatic heterocycles. The lowest BCUT2D eigenvalue weighted by molar-refractivity contribution is 0.00578. The summed E-state index contributed by atoms with van der Waals surface area (Å²) in [5, 5.41) is 0. The van der Waals surface area contributed by atoms with E-state index in [4.69, 9.17) is 18.8 Å². The van der Waals surface area contributed by atoms with Gasteiger partial charge in [0.25, 0.3) is 0 Å². The third-order valence-corrected chi connectivity index (χ3v) is 4.81. The Morgan fingerprint density at radius 1 is 1.00 bits per heavy atom. The van der Waals surface area contributed by atoms with Crippen LogP contribution < -0.4 is 10.2 Å². The lowest BCUT2D eigenvalue weighted by atomic mass is 9.79. The van der Waals surface area contributed by atoms with Crippen molar-refractivity contribution < 1.29 is 23.2 Å². The molecule has 4 nitrogen and oxygen atoms in total. The summed E-state index contributed by atoms with van der Waals surface area (Å²) in [6.07, 6.45) is 2.93. The number of rotatable bonds is 9. The maximum atomic E-state index is 14.3. The highest BCUT2D eigenvalue weighted by Gasteiger charge is 2.51. The molecule has 1 aliphatic rings. The lowest BCUT2D eigenvalue weighted by Gasteiger charge is -2.32. The Morgan fingerprint density at radius 3 is 2.24 bits per heavy atom. The van der Waals surface area contributed by atoms with Crippen molar-refractivity contribution >= 4 is 12.6 Å². The van der Waals surface area contributed by atoms with E-state index in [0.29, 0.717) is 18.7 Å². The Labute approximate surface area is 151 Å². The molecule has 1 saturated heterocycles. The minimum atomic E-state index is -0.569. The normalized spacial score (nSPS) is 18.6. The van der Waals surface area contributed by atoms with Gasteiger partial charge in [0, 0.05) is 19.6 Å². The van der Waals surface area contributed by atoms with E-state index in [1.165, 1.54) is 6.07 Å². The van der Waals surface area contributed by atoms with Crippen molar-refractivity contribution in [3.63, 3.8) is 0 Å². The van der Waals surface area contributed by atoms with Gasteiger partial charge >= 0.3 is 7.12 Å². The average molecular weight is 352 g/mol. The van der Waals surface area contributed by atoms with Gasteiger partial charge in [0.1, 0.15) is 0 Å². The maximum Gasteiger partial charge on any atom is 0.494 e. The molecule has 0 aliphatic carbocycles. The number of ether oxygens (including phenoxy) is 2. The van der Waals surface area contributed by atoms with Crippen molar-refractivity contribution in [3.05, 3.63) is 24.0 Å². The van der Waals surface area contributed by atoms with Crippen LogP contribution in [0.5, 0.6) is 5.75 Å². The van der Waals surface area contributed by atoms with Crippen molar-refractivity contribution in [2.24, 2.45) is 0 Å². The van der Waals surface area contributed by atoms with Crippen LogP contribution in [0.3, 0.4) is 0 Å². The fourth-order valence-corrected chi connectivity index (χ4v) is 2.45. The van der Waals surface area contributed by atoms with Gasteiger partial charge in [-0.1, -0.05) is 19.4 Å². The summed E-state index contributed by atoms with van der Waals surface area (Å²) >= 11 is 0. The van der Waals surface area contributed by atoms with Crippen molar-refractivity contribution in [3.8, 4) is 5.75 Å². The zero-order valence-electron chi connectivity index (χ0n) is 16.1. The van der Waals surface area contributed by atoms with E-state index >= 15 is 0 Å². The van der Waals surface area contributed by atoms with Gasteiger partial charge in [0.15, 0.2) is 11.6 Å². The molecule has 1 heterocycles. The fraction of sp³-hybridized carbons (Fsp3) is 0.684. The van der Waals surface area contributed by atoms with E-state index in [1.54, 1.807) is 12.1 Å². The van der Waals surface area contributed by atoms with Crippen LogP contribution in [0.2, 0.25) is 0 Å². The molecule has 0 bridgehead atoms. The van der Waals surface area contributed by atoms with Gasteiger partial charge in [-0.05, 0) is 51.7 Å². The minimum absolute atomic E-state index is 0.244. The maximum absolute atomic E-state index is 14.3. The first-order valence-electron chi connectivity index (χ1n) is 9.12. The first kappa shape index (κ1) is 20.2. The second-order valence-electron chi connectivity index (χ2n) is 7.45. The zero-order valence-corrected chi connectivity index (χ0v) is 16.1. The molecular weight excluding hydrogens is 322 g/mol. The number of halogens is 1. The van der Waals surface area contributed by atoms with Crippen LogP contribution in [-0.2, 0) is 14.0 Å². The number of hydrogen-bond donors (Lipinski definition) is 0. The fourth-order valence-electron chi connectivity index (χ4n) is 2.45. The van der Waals surface area contributed by atoms with Crippen LogP contribution in [0.15, 0.2) is 18.2 Å². The second kappa shape index (κ2) is 8.52. The Kier molecular flexibility index (Phi) is 6.89. The van der Waals surface area contributed by atoms with Gasteiger partial charge in [-0.2, -0.15) is 0 Å². The molecule has 0 N–H and O–H groups in total. The van der Waals surface area contributed by atoms with Crippen molar-refractivity contribution in [2.45, 2.75) is 65.1 Å². The third-order valence-electron chi connectivity index (χ3n) is 4.81. The van der Waals surface area contributed by atoms with Gasteiger partial charge in [0.05, 0.1) is 17.8 Å².